The van der Waals surface area contributed by atoms with Crippen molar-refractivity contribution < 1.29 is 4.79 Å². The van der Waals surface area contributed by atoms with Crippen molar-refractivity contribution in [3.8, 4) is 0 Å². The monoisotopic (exact) mass is 475 g/mol. The van der Waals surface area contributed by atoms with Crippen LogP contribution in [0.15, 0.2) is 96.0 Å². The fourth-order valence-electron chi connectivity index (χ4n) is 5.20. The number of hydrogen-bond acceptors (Lipinski definition) is 4. The van der Waals surface area contributed by atoms with Crippen LogP contribution in [-0.2, 0) is 19.4 Å². The summed E-state index contributed by atoms with van der Waals surface area (Å²) in [5.41, 5.74) is 4.23. The molecule has 0 spiro atoms. The van der Waals surface area contributed by atoms with E-state index in [1.54, 1.807) is 0 Å². The largest absolute Gasteiger partial charge is 0.317 e. The average molecular weight is 476 g/mol. The summed E-state index contributed by atoms with van der Waals surface area (Å²) in [6.45, 7) is 3.89. The Morgan fingerprint density at radius 2 is 1.44 bits per heavy atom. The molecule has 180 valence electrons. The Balaban J connectivity index is 1.42. The summed E-state index contributed by atoms with van der Waals surface area (Å²) < 4.78 is 2.12. The van der Waals surface area contributed by atoms with Gasteiger partial charge in [0.2, 0.25) is 5.96 Å². The first-order valence-electron chi connectivity index (χ1n) is 12.6. The maximum atomic E-state index is 13.9. The minimum atomic E-state index is -0.0226. The lowest BCUT2D eigenvalue weighted by Crippen LogP contribution is -2.50. The molecule has 0 fully saturated rings. The van der Waals surface area contributed by atoms with E-state index in [0.717, 1.165) is 29.6 Å². The Morgan fingerprint density at radius 3 is 2.08 bits per heavy atom. The molecule has 6 heteroatoms. The highest BCUT2D eigenvalue weighted by molar-refractivity contribution is 6.18. The Morgan fingerprint density at radius 1 is 0.833 bits per heavy atom. The smallest absolute Gasteiger partial charge is 0.281 e. The molecular weight excluding hydrogens is 446 g/mol. The normalized spacial score (nSPS) is 16.6. The van der Waals surface area contributed by atoms with E-state index in [4.69, 9.17) is 9.98 Å². The number of nitrogens with zero attached hydrogens (tertiary/aromatic N) is 5. The molecular formula is C30H29N5O. The molecule has 6 rings (SSSR count). The molecule has 6 nitrogen and oxygen atoms in total. The Bertz CT molecular complexity index is 1400. The first kappa shape index (κ1) is 22.3. The van der Waals surface area contributed by atoms with Gasteiger partial charge in [-0.25, -0.2) is 9.98 Å². The molecule has 3 heterocycles. The molecule has 0 radical (unpaired) electrons. The third kappa shape index (κ3) is 4.09. The Labute approximate surface area is 211 Å². The number of aromatic nitrogens is 2. The predicted molar refractivity (Wildman–Crippen MR) is 142 cm³/mol. The predicted octanol–water partition coefficient (Wildman–Crippen LogP) is 4.79. The van der Waals surface area contributed by atoms with Gasteiger partial charge in [-0.05, 0) is 30.0 Å². The van der Waals surface area contributed by atoms with Gasteiger partial charge in [0.05, 0.1) is 12.6 Å². The van der Waals surface area contributed by atoms with Crippen molar-refractivity contribution in [3.63, 3.8) is 0 Å². The van der Waals surface area contributed by atoms with Gasteiger partial charge in [0.15, 0.2) is 11.5 Å². The van der Waals surface area contributed by atoms with E-state index in [0.29, 0.717) is 31.7 Å². The van der Waals surface area contributed by atoms with E-state index >= 15 is 0 Å². The summed E-state index contributed by atoms with van der Waals surface area (Å²) in [6, 6.07) is 31.1. The molecule has 0 unspecified atom stereocenters. The lowest BCUT2D eigenvalue weighted by atomic mass is 10.1. The number of benzene rings is 3. The van der Waals surface area contributed by atoms with Crippen molar-refractivity contribution in [1.82, 2.24) is 14.5 Å². The van der Waals surface area contributed by atoms with Crippen molar-refractivity contribution in [2.75, 3.05) is 18.0 Å². The lowest BCUT2D eigenvalue weighted by molar-refractivity contribution is 0.0836. The van der Waals surface area contributed by atoms with E-state index in [2.05, 4.69) is 58.0 Å². The van der Waals surface area contributed by atoms with E-state index < -0.39 is 0 Å². The summed E-state index contributed by atoms with van der Waals surface area (Å²) >= 11 is 0. The first-order valence-corrected chi connectivity index (χ1v) is 12.6. The molecule has 0 saturated heterocycles. The van der Waals surface area contributed by atoms with Crippen molar-refractivity contribution >= 4 is 17.7 Å². The zero-order valence-corrected chi connectivity index (χ0v) is 20.4. The molecule has 1 atom stereocenters. The van der Waals surface area contributed by atoms with E-state index in [1.165, 1.54) is 11.1 Å². The quantitative estimate of drug-likeness (QED) is 0.386. The molecule has 0 bridgehead atoms. The van der Waals surface area contributed by atoms with Gasteiger partial charge in [-0.3, -0.25) is 14.6 Å². The fourth-order valence-corrected chi connectivity index (χ4v) is 5.20. The van der Waals surface area contributed by atoms with Gasteiger partial charge in [-0.15, -0.1) is 0 Å². The van der Waals surface area contributed by atoms with Gasteiger partial charge in [0.25, 0.3) is 5.91 Å². The second-order valence-electron chi connectivity index (χ2n) is 9.37. The summed E-state index contributed by atoms with van der Waals surface area (Å²) in [5, 5.41) is 0. The van der Waals surface area contributed by atoms with Crippen molar-refractivity contribution in [2.24, 2.45) is 4.99 Å². The number of amides is 1. The van der Waals surface area contributed by atoms with Gasteiger partial charge in [-0.2, -0.15) is 0 Å². The highest BCUT2D eigenvalue weighted by atomic mass is 16.2. The van der Waals surface area contributed by atoms with Crippen molar-refractivity contribution in [1.29, 1.82) is 0 Å². The molecule has 1 amide bonds. The zero-order chi connectivity index (χ0) is 24.5. The summed E-state index contributed by atoms with van der Waals surface area (Å²) in [7, 11) is 0. The maximum Gasteiger partial charge on any atom is 0.281 e. The molecule has 0 saturated carbocycles. The van der Waals surface area contributed by atoms with Crippen molar-refractivity contribution in [2.45, 2.75) is 32.4 Å². The SMILES string of the molecule is CCN1C(=O)c2c(nc(Cc3ccccc3)n2Cc2ccccc2)N2C[C@@H](Cc3ccccc3)N=C12. The topological polar surface area (TPSA) is 53.7 Å². The second kappa shape index (κ2) is 9.46. The third-order valence-corrected chi connectivity index (χ3v) is 6.92. The number of carbonyl (C=O) groups is 1. The molecule has 3 aromatic carbocycles. The van der Waals surface area contributed by atoms with Gasteiger partial charge in [0.1, 0.15) is 5.82 Å². The van der Waals surface area contributed by atoms with Crippen molar-refractivity contribution in [3.05, 3.63) is 119 Å². The number of fused-ring (bicyclic) bond motifs is 3. The van der Waals surface area contributed by atoms with E-state index in [9.17, 15) is 4.79 Å². The van der Waals surface area contributed by atoms with Crippen LogP contribution in [0.1, 0.15) is 39.9 Å². The highest BCUT2D eigenvalue weighted by Crippen LogP contribution is 2.34. The highest BCUT2D eigenvalue weighted by Gasteiger charge is 2.43. The van der Waals surface area contributed by atoms with Crippen LogP contribution in [-0.4, -0.2) is 45.4 Å². The lowest BCUT2D eigenvalue weighted by Gasteiger charge is -2.33. The van der Waals surface area contributed by atoms with Gasteiger partial charge >= 0.3 is 0 Å². The number of carbonyl (C=O) groups excluding carboxylic acids is 1. The van der Waals surface area contributed by atoms with Gasteiger partial charge in [0, 0.05) is 19.5 Å². The Kier molecular flexibility index (Phi) is 5.85. The molecule has 36 heavy (non-hydrogen) atoms. The molecule has 1 aromatic heterocycles. The fraction of sp³-hybridized carbons (Fsp3) is 0.233. The van der Waals surface area contributed by atoms with Crippen LogP contribution in [0.25, 0.3) is 0 Å². The molecule has 4 aromatic rings. The molecule has 0 aliphatic carbocycles. The third-order valence-electron chi connectivity index (χ3n) is 6.92. The molecule has 2 aliphatic rings. The minimum absolute atomic E-state index is 0.0226. The Hall–Kier alpha value is -4.19. The number of guanidine groups is 1. The van der Waals surface area contributed by atoms with Crippen LogP contribution in [0.3, 0.4) is 0 Å². The van der Waals surface area contributed by atoms with Crippen LogP contribution in [0.5, 0.6) is 0 Å². The van der Waals surface area contributed by atoms with Crippen LogP contribution in [0.2, 0.25) is 0 Å². The molecule has 0 N–H and O–H groups in total. The minimum Gasteiger partial charge on any atom is -0.317 e. The summed E-state index contributed by atoms with van der Waals surface area (Å²) in [4.78, 5) is 28.0. The number of imidazole rings is 1. The number of rotatable bonds is 7. The van der Waals surface area contributed by atoms with Gasteiger partial charge in [-0.1, -0.05) is 91.0 Å². The number of anilines is 1. The summed E-state index contributed by atoms with van der Waals surface area (Å²) in [5.74, 6) is 2.34. The first-order chi connectivity index (χ1) is 17.7. The maximum absolute atomic E-state index is 13.9. The van der Waals surface area contributed by atoms with E-state index in [1.807, 2.05) is 54.3 Å². The average Bonchev–Trinajstić information content (AvgIpc) is 3.48. The van der Waals surface area contributed by atoms with Crippen LogP contribution in [0, 0.1) is 0 Å². The zero-order valence-electron chi connectivity index (χ0n) is 20.4. The van der Waals surface area contributed by atoms with Gasteiger partial charge < -0.3 is 4.57 Å². The van der Waals surface area contributed by atoms with Crippen LogP contribution >= 0.6 is 0 Å². The number of hydrogen-bond donors (Lipinski definition) is 0. The van der Waals surface area contributed by atoms with Crippen LogP contribution in [0.4, 0.5) is 5.82 Å². The van der Waals surface area contributed by atoms with Crippen LogP contribution < -0.4 is 4.90 Å². The number of aliphatic imine (C=N–C) groups is 1. The standard InChI is InChI=1S/C30H29N5O/c1-2-33-29(36)27-28(35-21-25(31-30(33)35)18-22-12-6-3-7-13-22)32-26(19-23-14-8-4-9-15-23)34(27)20-24-16-10-5-11-17-24/h3-17,25H,2,18-21H2,1H3/t25-/m1/s1. The summed E-state index contributed by atoms with van der Waals surface area (Å²) in [6.07, 6.45) is 1.50. The van der Waals surface area contributed by atoms with E-state index in [-0.39, 0.29) is 11.9 Å². The second-order valence-corrected chi connectivity index (χ2v) is 9.37. The molecule has 2 aliphatic heterocycles.